The van der Waals surface area contributed by atoms with Crippen molar-refractivity contribution in [2.75, 3.05) is 0 Å². The van der Waals surface area contributed by atoms with Crippen molar-refractivity contribution in [1.82, 2.24) is 14.8 Å². The van der Waals surface area contributed by atoms with Gasteiger partial charge in [-0.05, 0) is 12.8 Å². The van der Waals surface area contributed by atoms with Crippen molar-refractivity contribution >= 4 is 19.7 Å². The Kier molecular flexibility index (Phi) is 5.39. The van der Waals surface area contributed by atoms with E-state index in [0.717, 1.165) is 32.1 Å². The van der Waals surface area contributed by atoms with Crippen molar-refractivity contribution in [2.45, 2.75) is 57.7 Å². The van der Waals surface area contributed by atoms with Crippen molar-refractivity contribution in [1.29, 1.82) is 0 Å². The van der Waals surface area contributed by atoms with Crippen LogP contribution in [0.15, 0.2) is 5.16 Å². The first-order valence-electron chi connectivity index (χ1n) is 5.87. The van der Waals surface area contributed by atoms with E-state index in [1.54, 1.807) is 4.57 Å². The van der Waals surface area contributed by atoms with Gasteiger partial charge in [0.05, 0.1) is 0 Å². The summed E-state index contributed by atoms with van der Waals surface area (Å²) >= 11 is 0. The van der Waals surface area contributed by atoms with Gasteiger partial charge in [0.2, 0.25) is 0 Å². The van der Waals surface area contributed by atoms with Crippen LogP contribution in [-0.4, -0.2) is 23.2 Å². The minimum atomic E-state index is -3.81. The summed E-state index contributed by atoms with van der Waals surface area (Å²) in [5.74, 6) is 0.708. The van der Waals surface area contributed by atoms with E-state index in [1.165, 1.54) is 0 Å². The summed E-state index contributed by atoms with van der Waals surface area (Å²) in [5.41, 5.74) is 0. The van der Waals surface area contributed by atoms with E-state index in [1.807, 2.05) is 6.92 Å². The highest BCUT2D eigenvalue weighted by molar-refractivity contribution is 8.13. The summed E-state index contributed by atoms with van der Waals surface area (Å²) in [6, 6.07) is 0. The van der Waals surface area contributed by atoms with E-state index in [0.29, 0.717) is 12.4 Å². The quantitative estimate of drug-likeness (QED) is 0.719. The second kappa shape index (κ2) is 6.35. The molecule has 17 heavy (non-hydrogen) atoms. The van der Waals surface area contributed by atoms with Gasteiger partial charge in [0, 0.05) is 23.6 Å². The van der Waals surface area contributed by atoms with Gasteiger partial charge in [-0.1, -0.05) is 26.7 Å². The van der Waals surface area contributed by atoms with Gasteiger partial charge in [-0.15, -0.1) is 10.2 Å². The molecular weight excluding hydrogens is 262 g/mol. The fraction of sp³-hybridized carbons (Fsp3) is 0.800. The Labute approximate surface area is 107 Å². The lowest BCUT2D eigenvalue weighted by Gasteiger charge is -2.07. The highest BCUT2D eigenvalue weighted by Gasteiger charge is 2.21. The lowest BCUT2D eigenvalue weighted by molar-refractivity contribution is 0.535. The molecule has 0 N–H and O–H groups in total. The van der Waals surface area contributed by atoms with Crippen molar-refractivity contribution in [3.63, 3.8) is 0 Å². The molecule has 0 aliphatic carbocycles. The molecule has 0 amide bonds. The van der Waals surface area contributed by atoms with Crippen LogP contribution in [0.5, 0.6) is 0 Å². The lowest BCUT2D eigenvalue weighted by Crippen LogP contribution is -2.10. The maximum atomic E-state index is 11.3. The van der Waals surface area contributed by atoms with Crippen LogP contribution in [-0.2, 0) is 22.0 Å². The van der Waals surface area contributed by atoms with Gasteiger partial charge in [-0.3, -0.25) is 0 Å². The number of rotatable bonds is 7. The van der Waals surface area contributed by atoms with E-state index in [4.69, 9.17) is 10.7 Å². The van der Waals surface area contributed by atoms with Gasteiger partial charge < -0.3 is 4.57 Å². The topological polar surface area (TPSA) is 64.8 Å². The molecule has 0 aromatic carbocycles. The fourth-order valence-corrected chi connectivity index (χ4v) is 2.50. The van der Waals surface area contributed by atoms with Gasteiger partial charge in [-0.2, -0.15) is 0 Å². The van der Waals surface area contributed by atoms with Gasteiger partial charge in [0.15, 0.2) is 0 Å². The minimum Gasteiger partial charge on any atom is -0.301 e. The van der Waals surface area contributed by atoms with E-state index < -0.39 is 9.05 Å². The molecule has 0 saturated carbocycles. The van der Waals surface area contributed by atoms with Crippen LogP contribution in [0.25, 0.3) is 0 Å². The molecule has 1 rings (SSSR count). The van der Waals surface area contributed by atoms with Crippen LogP contribution in [0, 0.1) is 0 Å². The summed E-state index contributed by atoms with van der Waals surface area (Å²) in [6.07, 6.45) is 4.60. The first-order chi connectivity index (χ1) is 8.00. The summed E-state index contributed by atoms with van der Waals surface area (Å²) in [5, 5.41) is 7.48. The molecule has 1 aromatic rings. The van der Waals surface area contributed by atoms with Crippen molar-refractivity contribution in [3.05, 3.63) is 5.82 Å². The van der Waals surface area contributed by atoms with Crippen molar-refractivity contribution in [3.8, 4) is 0 Å². The molecule has 1 heterocycles. The molecule has 0 spiro atoms. The Morgan fingerprint density at radius 1 is 1.18 bits per heavy atom. The molecule has 0 unspecified atom stereocenters. The third-order valence-electron chi connectivity index (χ3n) is 2.50. The highest BCUT2D eigenvalue weighted by Crippen LogP contribution is 2.16. The number of unbranched alkanes of at least 4 members (excludes halogenated alkanes) is 2. The van der Waals surface area contributed by atoms with E-state index >= 15 is 0 Å². The first-order valence-corrected chi connectivity index (χ1v) is 8.18. The number of hydrogen-bond donors (Lipinski definition) is 0. The zero-order valence-corrected chi connectivity index (χ0v) is 11.8. The third-order valence-corrected chi connectivity index (χ3v) is 3.65. The minimum absolute atomic E-state index is 0.126. The SMILES string of the molecule is CCCCc1nnc(S(=O)(=O)Cl)n1CCCC. The molecule has 0 bridgehead atoms. The molecule has 0 saturated heterocycles. The van der Waals surface area contributed by atoms with Crippen LogP contribution >= 0.6 is 10.7 Å². The number of nitrogens with zero attached hydrogens (tertiary/aromatic N) is 3. The van der Waals surface area contributed by atoms with E-state index in [2.05, 4.69) is 17.1 Å². The predicted octanol–water partition coefficient (Wildman–Crippen LogP) is 2.35. The zero-order valence-electron chi connectivity index (χ0n) is 10.2. The van der Waals surface area contributed by atoms with Gasteiger partial charge in [-0.25, -0.2) is 8.42 Å². The smallest absolute Gasteiger partial charge is 0.296 e. The second-order valence-corrected chi connectivity index (χ2v) is 6.41. The number of hydrogen-bond acceptors (Lipinski definition) is 4. The van der Waals surface area contributed by atoms with E-state index in [-0.39, 0.29) is 5.16 Å². The number of aryl methyl sites for hydroxylation is 1. The van der Waals surface area contributed by atoms with E-state index in [9.17, 15) is 8.42 Å². The molecule has 5 nitrogen and oxygen atoms in total. The second-order valence-electron chi connectivity index (χ2n) is 3.95. The molecule has 0 fully saturated rings. The molecule has 0 radical (unpaired) electrons. The Bertz CT molecular complexity index is 456. The number of halogens is 1. The Morgan fingerprint density at radius 3 is 2.35 bits per heavy atom. The predicted molar refractivity (Wildman–Crippen MR) is 66.6 cm³/mol. The van der Waals surface area contributed by atoms with Crippen LogP contribution in [0.4, 0.5) is 0 Å². The first kappa shape index (κ1) is 14.4. The van der Waals surface area contributed by atoms with Crippen LogP contribution in [0.2, 0.25) is 0 Å². The fourth-order valence-electron chi connectivity index (χ4n) is 1.56. The Morgan fingerprint density at radius 2 is 1.82 bits per heavy atom. The molecule has 1 aromatic heterocycles. The molecule has 0 atom stereocenters. The van der Waals surface area contributed by atoms with Crippen LogP contribution in [0.3, 0.4) is 0 Å². The Hall–Kier alpha value is -0.620. The van der Waals surface area contributed by atoms with Crippen LogP contribution < -0.4 is 0 Å². The maximum absolute atomic E-state index is 11.3. The van der Waals surface area contributed by atoms with Gasteiger partial charge in [0.25, 0.3) is 14.2 Å². The van der Waals surface area contributed by atoms with Crippen molar-refractivity contribution < 1.29 is 8.42 Å². The summed E-state index contributed by atoms with van der Waals surface area (Å²) in [4.78, 5) is 0. The molecule has 0 aliphatic rings. The van der Waals surface area contributed by atoms with Crippen LogP contribution in [0.1, 0.15) is 45.4 Å². The molecular formula is C10H18ClN3O2S. The molecule has 98 valence electrons. The Balaban J connectivity index is 3.02. The largest absolute Gasteiger partial charge is 0.301 e. The monoisotopic (exact) mass is 279 g/mol. The van der Waals surface area contributed by atoms with Gasteiger partial charge >= 0.3 is 0 Å². The average molecular weight is 280 g/mol. The molecule has 7 heteroatoms. The highest BCUT2D eigenvalue weighted by atomic mass is 35.7. The average Bonchev–Trinajstić information content (AvgIpc) is 2.66. The summed E-state index contributed by atoms with van der Waals surface area (Å²) in [7, 11) is 1.53. The zero-order chi connectivity index (χ0) is 12.9. The molecule has 0 aliphatic heterocycles. The third kappa shape index (κ3) is 3.96. The number of aromatic nitrogens is 3. The standard InChI is InChI=1S/C10H18ClN3O2S/c1-3-5-7-9-12-13-10(17(11,15)16)14(9)8-6-4-2/h3-8H2,1-2H3. The van der Waals surface area contributed by atoms with Gasteiger partial charge in [0.1, 0.15) is 5.82 Å². The normalized spacial score (nSPS) is 11.9. The summed E-state index contributed by atoms with van der Waals surface area (Å²) < 4.78 is 24.3. The maximum Gasteiger partial charge on any atom is 0.296 e. The lowest BCUT2D eigenvalue weighted by atomic mass is 10.2. The summed E-state index contributed by atoms with van der Waals surface area (Å²) in [6.45, 7) is 4.72. The van der Waals surface area contributed by atoms with Crippen molar-refractivity contribution in [2.24, 2.45) is 0 Å².